The van der Waals surface area contributed by atoms with E-state index < -0.39 is 18.1 Å². The number of nitrogens with zero attached hydrogens (tertiary/aromatic N) is 5. The smallest absolute Gasteiger partial charge is 0.386 e. The molecule has 0 saturated heterocycles. The lowest BCUT2D eigenvalue weighted by Crippen LogP contribution is -2.42. The predicted octanol–water partition coefficient (Wildman–Crippen LogP) is -0.0768. The van der Waals surface area contributed by atoms with Gasteiger partial charge in [0, 0.05) is 34.1 Å². The summed E-state index contributed by atoms with van der Waals surface area (Å²) in [5.74, 6) is -0.805. The lowest BCUT2D eigenvalue weighted by atomic mass is 9.99. The summed E-state index contributed by atoms with van der Waals surface area (Å²) in [5.41, 5.74) is 5.36. The second kappa shape index (κ2) is 31.6. The third-order valence-corrected chi connectivity index (χ3v) is 4.20. The van der Waals surface area contributed by atoms with E-state index in [0.29, 0.717) is 0 Å². The summed E-state index contributed by atoms with van der Waals surface area (Å²) < 4.78 is 9.14. The van der Waals surface area contributed by atoms with E-state index in [1.54, 1.807) is 42.0 Å². The van der Waals surface area contributed by atoms with Crippen LogP contribution in [-0.4, -0.2) is 138 Å². The number of nitrogens with two attached hydrogens (primary N) is 1. The van der Waals surface area contributed by atoms with Crippen molar-refractivity contribution in [2.45, 2.75) is 58.9 Å². The van der Waals surface area contributed by atoms with Crippen molar-refractivity contribution in [3.63, 3.8) is 0 Å². The molecule has 242 valence electrons. The first-order valence-corrected chi connectivity index (χ1v) is 12.7. The maximum atomic E-state index is 11.3. The third-order valence-electron chi connectivity index (χ3n) is 4.20. The number of hydrogen-bond donors (Lipinski definition) is 3. The zero-order valence-electron chi connectivity index (χ0n) is 27.1. The number of carbonyl (C=O) groups is 5. The highest BCUT2D eigenvalue weighted by Crippen LogP contribution is 2.10. The minimum absolute atomic E-state index is 0.00810. The first-order chi connectivity index (χ1) is 19.4. The number of ketones is 1. The van der Waals surface area contributed by atoms with Crippen LogP contribution in [-0.2, 0) is 33.4 Å². The summed E-state index contributed by atoms with van der Waals surface area (Å²) in [4.78, 5) is 64.0. The molecule has 4 N–H and O–H groups in total. The van der Waals surface area contributed by atoms with Crippen molar-refractivity contribution in [3.8, 4) is 0 Å². The summed E-state index contributed by atoms with van der Waals surface area (Å²) in [5, 5.41) is 11.6. The molecule has 0 aromatic heterocycles. The Kier molecular flexibility index (Phi) is 36.0. The summed E-state index contributed by atoms with van der Waals surface area (Å²) >= 11 is 0. The quantitative estimate of drug-likeness (QED) is 0.211. The van der Waals surface area contributed by atoms with E-state index in [4.69, 9.17) is 33.5 Å². The Morgan fingerprint density at radius 3 is 1.69 bits per heavy atom. The van der Waals surface area contributed by atoms with Crippen molar-refractivity contribution < 1.29 is 38.6 Å². The van der Waals surface area contributed by atoms with Gasteiger partial charge in [-0.25, -0.2) is 22.9 Å². The zero-order chi connectivity index (χ0) is 34.4. The van der Waals surface area contributed by atoms with Crippen molar-refractivity contribution >= 4 is 36.3 Å². The van der Waals surface area contributed by atoms with Gasteiger partial charge in [0.2, 0.25) is 0 Å². The van der Waals surface area contributed by atoms with Crippen LogP contribution in [0, 0.1) is 19.1 Å². The molecule has 15 nitrogen and oxygen atoms in total. The van der Waals surface area contributed by atoms with E-state index in [2.05, 4.69) is 24.7 Å². The average Bonchev–Trinajstić information content (AvgIpc) is 3.34. The molecule has 1 aliphatic heterocycles. The van der Waals surface area contributed by atoms with Crippen molar-refractivity contribution in [2.24, 2.45) is 16.6 Å². The number of nitrogens with one attached hydrogen (secondary N) is 1. The van der Waals surface area contributed by atoms with Crippen LogP contribution in [0.15, 0.2) is 4.99 Å². The molecule has 2 amide bonds. The Hall–Kier alpha value is -3.92. The monoisotopic (exact) mass is 601 g/mol. The molecule has 0 aromatic carbocycles. The number of hydrogen-bond acceptors (Lipinski definition) is 11. The van der Waals surface area contributed by atoms with Crippen molar-refractivity contribution in [1.29, 1.82) is 0 Å². The number of Topliss-reactive ketones (excluding diaryl/α,β-unsaturated/α-hetero) is 1. The minimum atomic E-state index is -0.741. The highest BCUT2D eigenvalue weighted by atomic mass is 16.5. The minimum Gasteiger partial charge on any atom is -0.478 e. The maximum absolute atomic E-state index is 11.3. The number of likely N-dealkylation sites (N-methyl/N-ethyl adjacent to an activating group) is 2. The summed E-state index contributed by atoms with van der Waals surface area (Å²) in [7, 11) is 11.7. The van der Waals surface area contributed by atoms with Crippen molar-refractivity contribution in [2.75, 3.05) is 62.5 Å². The van der Waals surface area contributed by atoms with Crippen LogP contribution in [0.2, 0.25) is 0 Å². The lowest BCUT2D eigenvalue weighted by Gasteiger charge is -2.16. The zero-order valence-corrected chi connectivity index (χ0v) is 27.1. The maximum Gasteiger partial charge on any atom is 0.386 e. The molecule has 0 saturated carbocycles. The molecule has 0 fully saturated rings. The number of esters is 1. The molecule has 0 bridgehead atoms. The third kappa shape index (κ3) is 30.6. The van der Waals surface area contributed by atoms with E-state index in [-0.39, 0.29) is 48.8 Å². The van der Waals surface area contributed by atoms with Gasteiger partial charge in [0.1, 0.15) is 12.4 Å². The Morgan fingerprint density at radius 1 is 1.10 bits per heavy atom. The van der Waals surface area contributed by atoms with Gasteiger partial charge in [-0.1, -0.05) is 13.8 Å². The number of amides is 2. The molecule has 42 heavy (non-hydrogen) atoms. The predicted molar refractivity (Wildman–Crippen MR) is 161 cm³/mol. The van der Waals surface area contributed by atoms with E-state index in [9.17, 15) is 19.2 Å². The van der Waals surface area contributed by atoms with E-state index in [0.717, 1.165) is 6.29 Å². The topological polar surface area (TPSA) is 190 Å². The molecular formula is C27H51N7O8. The number of carbonyl (C=O) groups excluding carboxylic acids is 5. The lowest BCUT2D eigenvalue weighted by molar-refractivity contribution is -0.138. The number of rotatable bonds is 6. The molecule has 0 aromatic rings. The number of aldehydes is 1. The number of aliphatic imine (C=N–C) groups is 1. The summed E-state index contributed by atoms with van der Waals surface area (Å²) in [6.45, 7) is 20.6. The molecule has 15 heteroatoms. The largest absolute Gasteiger partial charge is 0.478 e. The summed E-state index contributed by atoms with van der Waals surface area (Å²) in [6, 6.07) is -1.06. The van der Waals surface area contributed by atoms with Gasteiger partial charge in [-0.05, 0) is 34.9 Å². The number of aliphatic hydroxyl groups is 1. The molecule has 1 heterocycles. The van der Waals surface area contributed by atoms with Crippen LogP contribution in [0.1, 0.15) is 34.6 Å². The SMILES string of the molecule is CC(C)C(=O)[C@H](N)[C@H](C)O.CC=O.CNC.C[C@H]1OC=N[C@@H]1C(=O)N(C)C.[C-]#[N+]CC(=O)N(C)C.[C-]#[N+]CC(=O)OC. The van der Waals surface area contributed by atoms with Gasteiger partial charge in [0.25, 0.3) is 12.5 Å². The van der Waals surface area contributed by atoms with Crippen LogP contribution >= 0.6 is 0 Å². The number of ether oxygens (including phenoxy) is 2. The van der Waals surface area contributed by atoms with Gasteiger partial charge in [-0.2, -0.15) is 0 Å². The van der Waals surface area contributed by atoms with Crippen LogP contribution < -0.4 is 11.1 Å². The van der Waals surface area contributed by atoms with Crippen LogP contribution in [0.4, 0.5) is 0 Å². The van der Waals surface area contributed by atoms with Crippen molar-refractivity contribution in [3.05, 3.63) is 22.8 Å². The van der Waals surface area contributed by atoms with E-state index >= 15 is 0 Å². The Morgan fingerprint density at radius 2 is 1.52 bits per heavy atom. The fraction of sp³-hybridized carbons (Fsp3) is 0.704. The molecule has 0 radical (unpaired) electrons. The van der Waals surface area contributed by atoms with Gasteiger partial charge in [-0.3, -0.25) is 14.4 Å². The van der Waals surface area contributed by atoms with Crippen molar-refractivity contribution in [1.82, 2.24) is 15.1 Å². The highest BCUT2D eigenvalue weighted by molar-refractivity contribution is 5.86. The van der Waals surface area contributed by atoms with Gasteiger partial charge in [-0.15, -0.1) is 0 Å². The fourth-order valence-corrected chi connectivity index (χ4v) is 1.88. The summed E-state index contributed by atoms with van der Waals surface area (Å²) in [6.07, 6.45) is 1.23. The fourth-order valence-electron chi connectivity index (χ4n) is 1.88. The molecular weight excluding hydrogens is 550 g/mol. The second-order valence-electron chi connectivity index (χ2n) is 8.83. The number of aliphatic hydroxyl groups excluding tert-OH is 1. The highest BCUT2D eigenvalue weighted by Gasteiger charge is 2.29. The standard InChI is InChI=1S/C7H12N2O2.C7H15NO2.C5H8N2O.C4H5NO2.C2H7N.C2H4O/c1-5-6(8-4-11-5)7(10)9(2)3;1-4(2)7(10)6(8)5(3)9;1-6-4-5(8)7(2)3;1-5-3-4(6)7-2;1-3-2;1-2-3/h4-6H,1-3H3;4-6,9H,8H2,1-3H3;4H2,2-3H3;3H2,2H3;3H,1-2H3;2H,1H3/t2*5-,6+;;;;/m10..../s1. The van der Waals surface area contributed by atoms with Crippen LogP contribution in [0.25, 0.3) is 9.69 Å². The molecule has 1 aliphatic rings. The molecule has 0 spiro atoms. The van der Waals surface area contributed by atoms with Gasteiger partial charge in [0.05, 0.1) is 19.3 Å². The Balaban J connectivity index is -0.000000138. The molecule has 0 unspecified atom stereocenters. The first kappa shape index (κ1) is 47.8. The molecule has 0 aliphatic carbocycles. The normalized spacial score (nSPS) is 14.8. The van der Waals surface area contributed by atoms with Crippen LogP contribution in [0.3, 0.4) is 0 Å². The van der Waals surface area contributed by atoms with Crippen LogP contribution in [0.5, 0.6) is 0 Å². The average molecular weight is 602 g/mol. The van der Waals surface area contributed by atoms with Gasteiger partial charge < -0.3 is 49.9 Å². The number of methoxy groups -OCH3 is 1. The van der Waals surface area contributed by atoms with Gasteiger partial charge >= 0.3 is 18.4 Å². The van der Waals surface area contributed by atoms with E-state index in [1.807, 2.05) is 21.0 Å². The Labute approximate surface area is 251 Å². The van der Waals surface area contributed by atoms with Gasteiger partial charge in [0.15, 0.2) is 18.2 Å². The second-order valence-corrected chi connectivity index (χ2v) is 8.83. The molecule has 1 rings (SSSR count). The molecule has 4 atom stereocenters. The Bertz CT molecular complexity index is 864. The van der Waals surface area contributed by atoms with E-state index in [1.165, 1.54) is 37.2 Å². The first-order valence-electron chi connectivity index (χ1n) is 12.7.